The summed E-state index contributed by atoms with van der Waals surface area (Å²) >= 11 is 0. The van der Waals surface area contributed by atoms with Gasteiger partial charge in [0.2, 0.25) is 10.0 Å². The molecule has 1 aliphatic heterocycles. The largest absolute Gasteiger partial charge is 0.480 e. The molecule has 110 valence electrons. The van der Waals surface area contributed by atoms with Crippen LogP contribution in [0.15, 0.2) is 23.1 Å². The smallest absolute Gasteiger partial charge is 0.322 e. The molecule has 1 heterocycles. The van der Waals surface area contributed by atoms with Crippen molar-refractivity contribution in [1.82, 2.24) is 4.72 Å². The maximum atomic E-state index is 12.2. The number of carboxylic acid groups (broad SMARTS) is 1. The number of carbonyl (C=O) groups is 1. The first-order valence-corrected chi connectivity index (χ1v) is 7.74. The molecule has 1 aromatic carbocycles. The molecule has 1 atom stereocenters. The average Bonchev–Trinajstić information content (AvgIpc) is 2.82. The lowest BCUT2D eigenvalue weighted by molar-refractivity contribution is -0.140. The van der Waals surface area contributed by atoms with Crippen molar-refractivity contribution in [3.63, 3.8) is 0 Å². The average molecular weight is 299 g/mol. The lowest BCUT2D eigenvalue weighted by atomic mass is 10.1. The van der Waals surface area contributed by atoms with Crippen molar-refractivity contribution < 1.29 is 23.1 Å². The summed E-state index contributed by atoms with van der Waals surface area (Å²) in [5.41, 5.74) is 1.78. The molecule has 1 aromatic rings. The van der Waals surface area contributed by atoms with Crippen molar-refractivity contribution in [1.29, 1.82) is 0 Å². The Bertz CT molecular complexity index is 624. The lowest BCUT2D eigenvalue weighted by Crippen LogP contribution is -2.44. The number of aliphatic carboxylic acids is 1. The SMILES string of the molecule is CC(C)[C@H](NS(=O)(=O)c1ccc2c(c1)COC2)C(=O)O. The summed E-state index contributed by atoms with van der Waals surface area (Å²) in [4.78, 5) is 11.2. The fourth-order valence-electron chi connectivity index (χ4n) is 2.02. The Hall–Kier alpha value is -1.44. The Morgan fingerprint density at radius 1 is 1.30 bits per heavy atom. The van der Waals surface area contributed by atoms with Gasteiger partial charge in [-0.25, -0.2) is 8.42 Å². The van der Waals surface area contributed by atoms with E-state index in [2.05, 4.69) is 4.72 Å². The highest BCUT2D eigenvalue weighted by atomic mass is 32.2. The van der Waals surface area contributed by atoms with Crippen molar-refractivity contribution in [3.05, 3.63) is 29.3 Å². The van der Waals surface area contributed by atoms with Crippen LogP contribution in [0.5, 0.6) is 0 Å². The molecule has 0 aromatic heterocycles. The molecular formula is C13H17NO5S. The molecule has 0 amide bonds. The van der Waals surface area contributed by atoms with Crippen LogP contribution in [0.1, 0.15) is 25.0 Å². The molecule has 20 heavy (non-hydrogen) atoms. The van der Waals surface area contributed by atoms with E-state index in [0.717, 1.165) is 11.1 Å². The first-order chi connectivity index (χ1) is 9.31. The van der Waals surface area contributed by atoms with Crippen LogP contribution in [0.25, 0.3) is 0 Å². The second kappa shape index (κ2) is 5.51. The Labute approximate surface area is 117 Å². The number of carboxylic acids is 1. The normalized spacial score (nSPS) is 16.1. The van der Waals surface area contributed by atoms with Gasteiger partial charge in [-0.15, -0.1) is 0 Å². The van der Waals surface area contributed by atoms with Crippen molar-refractivity contribution in [3.8, 4) is 0 Å². The van der Waals surface area contributed by atoms with Gasteiger partial charge in [0, 0.05) is 0 Å². The monoisotopic (exact) mass is 299 g/mol. The second-order valence-corrected chi connectivity index (χ2v) is 6.82. The zero-order valence-corrected chi connectivity index (χ0v) is 12.1. The van der Waals surface area contributed by atoms with Crippen LogP contribution >= 0.6 is 0 Å². The van der Waals surface area contributed by atoms with Crippen LogP contribution in [0.4, 0.5) is 0 Å². The molecule has 0 saturated heterocycles. The van der Waals surface area contributed by atoms with Crippen LogP contribution in [-0.4, -0.2) is 25.5 Å². The van der Waals surface area contributed by atoms with Crippen LogP contribution in [0.2, 0.25) is 0 Å². The third-order valence-corrected chi connectivity index (χ3v) is 4.66. The number of sulfonamides is 1. The van der Waals surface area contributed by atoms with E-state index in [0.29, 0.717) is 13.2 Å². The highest BCUT2D eigenvalue weighted by Gasteiger charge is 2.28. The predicted octanol–water partition coefficient (Wildman–Crippen LogP) is 1.10. The summed E-state index contributed by atoms with van der Waals surface area (Å²) in [6.45, 7) is 4.16. The number of ether oxygens (including phenoxy) is 1. The van der Waals surface area contributed by atoms with Gasteiger partial charge >= 0.3 is 5.97 Å². The van der Waals surface area contributed by atoms with E-state index in [1.54, 1.807) is 19.9 Å². The minimum Gasteiger partial charge on any atom is -0.480 e. The van der Waals surface area contributed by atoms with Crippen LogP contribution < -0.4 is 4.72 Å². The topological polar surface area (TPSA) is 92.7 Å². The quantitative estimate of drug-likeness (QED) is 0.849. The van der Waals surface area contributed by atoms with Crippen LogP contribution in [-0.2, 0) is 32.8 Å². The summed E-state index contributed by atoms with van der Waals surface area (Å²) in [7, 11) is -3.86. The summed E-state index contributed by atoms with van der Waals surface area (Å²) in [5.74, 6) is -1.53. The number of nitrogens with one attached hydrogen (secondary N) is 1. The van der Waals surface area contributed by atoms with E-state index >= 15 is 0 Å². The number of rotatable bonds is 5. The molecule has 0 aliphatic carbocycles. The second-order valence-electron chi connectivity index (χ2n) is 5.10. The highest BCUT2D eigenvalue weighted by molar-refractivity contribution is 7.89. The van der Waals surface area contributed by atoms with E-state index in [4.69, 9.17) is 9.84 Å². The third-order valence-electron chi connectivity index (χ3n) is 3.22. The fraction of sp³-hybridized carbons (Fsp3) is 0.462. The van der Waals surface area contributed by atoms with Gasteiger partial charge in [-0.2, -0.15) is 4.72 Å². The maximum Gasteiger partial charge on any atom is 0.322 e. The lowest BCUT2D eigenvalue weighted by Gasteiger charge is -2.18. The van der Waals surface area contributed by atoms with Gasteiger partial charge < -0.3 is 9.84 Å². The maximum absolute atomic E-state index is 12.2. The molecule has 0 saturated carbocycles. The Balaban J connectivity index is 2.28. The molecule has 0 radical (unpaired) electrons. The van der Waals surface area contributed by atoms with Gasteiger partial charge in [-0.3, -0.25) is 4.79 Å². The fourth-order valence-corrected chi connectivity index (χ4v) is 3.41. The van der Waals surface area contributed by atoms with Gasteiger partial charge in [-0.05, 0) is 29.2 Å². The molecule has 0 fully saturated rings. The van der Waals surface area contributed by atoms with Crippen LogP contribution in [0.3, 0.4) is 0 Å². The summed E-state index contributed by atoms with van der Waals surface area (Å²) < 4.78 is 31.9. The van der Waals surface area contributed by atoms with Crippen molar-refractivity contribution >= 4 is 16.0 Å². The molecule has 0 unspecified atom stereocenters. The number of benzene rings is 1. The third kappa shape index (κ3) is 3.00. The first kappa shape index (κ1) is 15.0. The molecular weight excluding hydrogens is 282 g/mol. The van der Waals surface area contributed by atoms with Crippen molar-refractivity contribution in [2.75, 3.05) is 0 Å². The molecule has 1 aliphatic rings. The molecule has 2 rings (SSSR count). The Morgan fingerprint density at radius 2 is 1.95 bits per heavy atom. The van der Waals surface area contributed by atoms with E-state index in [9.17, 15) is 13.2 Å². The number of hydrogen-bond acceptors (Lipinski definition) is 4. The van der Waals surface area contributed by atoms with Gasteiger partial charge in [0.15, 0.2) is 0 Å². The van der Waals surface area contributed by atoms with Gasteiger partial charge in [0.05, 0.1) is 18.1 Å². The predicted molar refractivity (Wildman–Crippen MR) is 71.5 cm³/mol. The van der Waals surface area contributed by atoms with E-state index in [1.165, 1.54) is 12.1 Å². The standard InChI is InChI=1S/C13H17NO5S/c1-8(2)12(13(15)16)14-20(17,18)11-4-3-9-6-19-7-10(9)5-11/h3-5,8,12,14H,6-7H2,1-2H3,(H,15,16)/t12-/m0/s1. The van der Waals surface area contributed by atoms with Crippen LogP contribution in [0, 0.1) is 5.92 Å². The Kier molecular flexibility index (Phi) is 4.12. The summed E-state index contributed by atoms with van der Waals surface area (Å²) in [6, 6.07) is 3.55. The number of hydrogen-bond donors (Lipinski definition) is 2. The van der Waals surface area contributed by atoms with Crippen molar-refractivity contribution in [2.24, 2.45) is 5.92 Å². The van der Waals surface area contributed by atoms with Gasteiger partial charge in [0.1, 0.15) is 6.04 Å². The van der Waals surface area contributed by atoms with Gasteiger partial charge in [0.25, 0.3) is 0 Å². The number of fused-ring (bicyclic) bond motifs is 1. The first-order valence-electron chi connectivity index (χ1n) is 6.26. The molecule has 6 nitrogen and oxygen atoms in total. The van der Waals surface area contributed by atoms with E-state index in [1.807, 2.05) is 0 Å². The summed E-state index contributed by atoms with van der Waals surface area (Å²) in [6.07, 6.45) is 0. The molecule has 7 heteroatoms. The minimum atomic E-state index is -3.86. The van der Waals surface area contributed by atoms with Crippen molar-refractivity contribution in [2.45, 2.75) is 38.0 Å². The zero-order chi connectivity index (χ0) is 14.9. The zero-order valence-electron chi connectivity index (χ0n) is 11.3. The van der Waals surface area contributed by atoms with E-state index < -0.39 is 22.0 Å². The van der Waals surface area contributed by atoms with E-state index in [-0.39, 0.29) is 10.8 Å². The minimum absolute atomic E-state index is 0.0636. The van der Waals surface area contributed by atoms with Gasteiger partial charge in [-0.1, -0.05) is 19.9 Å². The molecule has 0 spiro atoms. The highest BCUT2D eigenvalue weighted by Crippen LogP contribution is 2.23. The Morgan fingerprint density at radius 3 is 2.55 bits per heavy atom. The molecule has 0 bridgehead atoms. The summed E-state index contributed by atoms with van der Waals surface area (Å²) in [5, 5.41) is 9.06. The molecule has 2 N–H and O–H groups in total.